The van der Waals surface area contributed by atoms with Crippen molar-refractivity contribution in [2.75, 3.05) is 17.7 Å². The number of anilines is 4. The van der Waals surface area contributed by atoms with E-state index in [9.17, 15) is 4.79 Å². The lowest BCUT2D eigenvalue weighted by Crippen LogP contribution is -2.29. The normalized spacial score (nSPS) is 14.7. The highest BCUT2D eigenvalue weighted by Crippen LogP contribution is 2.37. The number of rotatable bonds is 5. The van der Waals surface area contributed by atoms with Crippen LogP contribution in [0.4, 0.5) is 23.1 Å². The minimum absolute atomic E-state index is 0.0758. The summed E-state index contributed by atoms with van der Waals surface area (Å²) in [6.07, 6.45) is 1.20. The first-order valence-corrected chi connectivity index (χ1v) is 10.0. The van der Waals surface area contributed by atoms with Gasteiger partial charge in [-0.15, -0.1) is 0 Å². The van der Waals surface area contributed by atoms with Gasteiger partial charge in [0.1, 0.15) is 11.6 Å². The Hall–Kier alpha value is -3.41. The zero-order chi connectivity index (χ0) is 21.3. The number of carbonyl (C=O) groups is 1. The molecule has 0 spiro atoms. The molecule has 2 aromatic carbocycles. The van der Waals surface area contributed by atoms with E-state index in [0.717, 1.165) is 29.2 Å². The van der Waals surface area contributed by atoms with Gasteiger partial charge in [0.15, 0.2) is 5.78 Å². The predicted molar refractivity (Wildman–Crippen MR) is 119 cm³/mol. The van der Waals surface area contributed by atoms with E-state index in [1.54, 1.807) is 7.11 Å². The van der Waals surface area contributed by atoms with Crippen molar-refractivity contribution in [2.45, 2.75) is 33.6 Å². The number of ether oxygens (including phenoxy) is 1. The van der Waals surface area contributed by atoms with E-state index in [2.05, 4.69) is 29.5 Å². The second-order valence-corrected chi connectivity index (χ2v) is 8.50. The van der Waals surface area contributed by atoms with Crippen LogP contribution in [-0.2, 0) is 6.42 Å². The molecule has 2 N–H and O–H groups in total. The molecule has 0 radical (unpaired) electrons. The van der Waals surface area contributed by atoms with Gasteiger partial charge in [0.25, 0.3) is 0 Å². The average molecular weight is 402 g/mol. The maximum absolute atomic E-state index is 13.0. The van der Waals surface area contributed by atoms with Crippen molar-refractivity contribution in [1.29, 1.82) is 0 Å². The van der Waals surface area contributed by atoms with Crippen molar-refractivity contribution < 1.29 is 9.53 Å². The minimum Gasteiger partial charge on any atom is -0.497 e. The van der Waals surface area contributed by atoms with Gasteiger partial charge in [-0.3, -0.25) is 4.79 Å². The Bertz CT molecular complexity index is 1070. The van der Waals surface area contributed by atoms with Crippen molar-refractivity contribution >= 4 is 28.9 Å². The fourth-order valence-corrected chi connectivity index (χ4v) is 3.69. The number of nitrogens with zero attached hydrogens (tertiary/aromatic N) is 2. The molecule has 1 aromatic heterocycles. The monoisotopic (exact) mass is 402 g/mol. The lowest BCUT2D eigenvalue weighted by atomic mass is 9.75. The molecule has 1 heterocycles. The average Bonchev–Trinajstić information content (AvgIpc) is 2.69. The van der Waals surface area contributed by atoms with Gasteiger partial charge < -0.3 is 15.4 Å². The summed E-state index contributed by atoms with van der Waals surface area (Å²) in [4.78, 5) is 22.3. The van der Waals surface area contributed by atoms with Gasteiger partial charge >= 0.3 is 0 Å². The number of aromatic nitrogens is 2. The lowest BCUT2D eigenvalue weighted by molar-refractivity contribution is 0.0911. The minimum atomic E-state index is -0.128. The third kappa shape index (κ3) is 4.27. The molecule has 0 saturated heterocycles. The number of aryl methyl sites for hydroxylation is 1. The number of carbonyl (C=O) groups excluding carboxylic acids is 1. The first kappa shape index (κ1) is 19.9. The Morgan fingerprint density at radius 3 is 2.20 bits per heavy atom. The van der Waals surface area contributed by atoms with E-state index < -0.39 is 0 Å². The fourth-order valence-electron chi connectivity index (χ4n) is 3.69. The Balaban J connectivity index is 1.73. The van der Waals surface area contributed by atoms with Crippen LogP contribution < -0.4 is 15.4 Å². The topological polar surface area (TPSA) is 76.1 Å². The van der Waals surface area contributed by atoms with Crippen molar-refractivity contribution in [3.63, 3.8) is 0 Å². The van der Waals surface area contributed by atoms with Gasteiger partial charge in [-0.2, -0.15) is 4.98 Å². The van der Waals surface area contributed by atoms with Gasteiger partial charge in [-0.1, -0.05) is 31.5 Å². The molecular formula is C24H26N4O2. The number of hydrogen-bond acceptors (Lipinski definition) is 6. The van der Waals surface area contributed by atoms with Gasteiger partial charge in [0.05, 0.1) is 18.4 Å². The zero-order valence-corrected chi connectivity index (χ0v) is 17.7. The van der Waals surface area contributed by atoms with Crippen molar-refractivity contribution in [3.8, 4) is 5.75 Å². The maximum Gasteiger partial charge on any atom is 0.229 e. The summed E-state index contributed by atoms with van der Waals surface area (Å²) in [6.45, 7) is 6.23. The third-order valence-corrected chi connectivity index (χ3v) is 5.21. The summed E-state index contributed by atoms with van der Waals surface area (Å²) in [5, 5.41) is 6.58. The van der Waals surface area contributed by atoms with E-state index in [-0.39, 0.29) is 11.2 Å². The molecule has 0 bridgehead atoms. The summed E-state index contributed by atoms with van der Waals surface area (Å²) in [5.74, 6) is 1.85. The van der Waals surface area contributed by atoms with Gasteiger partial charge in [0, 0.05) is 17.8 Å². The number of nitrogens with one attached hydrogen (secondary N) is 2. The SMILES string of the molecule is COc1ccc(Nc2nc3c(c(Nc4ccc(C)cc4)n2)C(=O)CC(C)(C)C3)cc1. The number of hydrogen-bond donors (Lipinski definition) is 2. The molecule has 3 aromatic rings. The molecule has 0 fully saturated rings. The fraction of sp³-hybridized carbons (Fsp3) is 0.292. The summed E-state index contributed by atoms with van der Waals surface area (Å²) >= 11 is 0. The quantitative estimate of drug-likeness (QED) is 0.592. The molecule has 0 unspecified atom stereocenters. The summed E-state index contributed by atoms with van der Waals surface area (Å²) < 4.78 is 5.22. The smallest absolute Gasteiger partial charge is 0.229 e. The third-order valence-electron chi connectivity index (χ3n) is 5.21. The van der Waals surface area contributed by atoms with Gasteiger partial charge in [0.2, 0.25) is 5.95 Å². The second kappa shape index (κ2) is 7.78. The molecular weight excluding hydrogens is 376 g/mol. The standard InChI is InChI=1S/C24H26N4O2/c1-15-5-7-16(8-6-15)25-22-21-19(13-24(2,3)14-20(21)29)27-23(28-22)26-17-9-11-18(30-4)12-10-17/h5-12H,13-14H2,1-4H3,(H2,25,26,27,28). The Labute approximate surface area is 176 Å². The molecule has 154 valence electrons. The number of methoxy groups -OCH3 is 1. The van der Waals surface area contributed by atoms with Crippen LogP contribution >= 0.6 is 0 Å². The lowest BCUT2D eigenvalue weighted by Gasteiger charge is -2.30. The molecule has 0 atom stereocenters. The largest absolute Gasteiger partial charge is 0.497 e. The molecule has 6 heteroatoms. The van der Waals surface area contributed by atoms with Crippen LogP contribution in [0.3, 0.4) is 0 Å². The Morgan fingerprint density at radius 2 is 1.53 bits per heavy atom. The van der Waals surface area contributed by atoms with Gasteiger partial charge in [-0.25, -0.2) is 4.98 Å². The summed E-state index contributed by atoms with van der Waals surface area (Å²) in [7, 11) is 1.64. The second-order valence-electron chi connectivity index (χ2n) is 8.50. The van der Waals surface area contributed by atoms with Crippen LogP contribution in [0.25, 0.3) is 0 Å². The highest BCUT2D eigenvalue weighted by atomic mass is 16.5. The van der Waals surface area contributed by atoms with Crippen molar-refractivity contribution in [3.05, 3.63) is 65.4 Å². The molecule has 0 saturated carbocycles. The summed E-state index contributed by atoms with van der Waals surface area (Å²) in [6, 6.07) is 15.6. The van der Waals surface area contributed by atoms with Crippen LogP contribution in [0.5, 0.6) is 5.75 Å². The molecule has 4 rings (SSSR count). The number of fused-ring (bicyclic) bond motifs is 1. The number of benzene rings is 2. The van der Waals surface area contributed by atoms with E-state index in [1.807, 2.05) is 55.5 Å². The number of ketones is 1. The molecule has 6 nitrogen and oxygen atoms in total. The van der Waals surface area contributed by atoms with Crippen LogP contribution in [0.1, 0.15) is 41.9 Å². The molecule has 30 heavy (non-hydrogen) atoms. The maximum atomic E-state index is 13.0. The van der Waals surface area contributed by atoms with Crippen LogP contribution in [0, 0.1) is 12.3 Å². The summed E-state index contributed by atoms with van der Waals surface area (Å²) in [5.41, 5.74) is 4.14. The van der Waals surface area contributed by atoms with E-state index in [4.69, 9.17) is 9.72 Å². The van der Waals surface area contributed by atoms with Crippen molar-refractivity contribution in [2.24, 2.45) is 5.41 Å². The van der Waals surface area contributed by atoms with Crippen LogP contribution in [0.2, 0.25) is 0 Å². The van der Waals surface area contributed by atoms with E-state index >= 15 is 0 Å². The van der Waals surface area contributed by atoms with E-state index in [0.29, 0.717) is 23.8 Å². The molecule has 0 aliphatic heterocycles. The van der Waals surface area contributed by atoms with Gasteiger partial charge in [-0.05, 0) is 55.2 Å². The zero-order valence-electron chi connectivity index (χ0n) is 17.7. The molecule has 0 amide bonds. The van der Waals surface area contributed by atoms with Crippen LogP contribution in [0.15, 0.2) is 48.5 Å². The molecule has 1 aliphatic carbocycles. The Morgan fingerprint density at radius 1 is 0.900 bits per heavy atom. The number of Topliss-reactive ketones (excluding diaryl/α,β-unsaturated/α-hetero) is 1. The first-order valence-electron chi connectivity index (χ1n) is 10.0. The Kier molecular flexibility index (Phi) is 5.16. The van der Waals surface area contributed by atoms with E-state index in [1.165, 1.54) is 5.56 Å². The predicted octanol–water partition coefficient (Wildman–Crippen LogP) is 5.44. The highest BCUT2D eigenvalue weighted by molar-refractivity contribution is 6.03. The first-order chi connectivity index (χ1) is 14.3. The van der Waals surface area contributed by atoms with Crippen LogP contribution in [-0.4, -0.2) is 22.9 Å². The highest BCUT2D eigenvalue weighted by Gasteiger charge is 2.35. The van der Waals surface area contributed by atoms with Crippen molar-refractivity contribution in [1.82, 2.24) is 9.97 Å². The molecule has 1 aliphatic rings.